The molecule has 2 aromatic heterocycles. The van der Waals surface area contributed by atoms with Gasteiger partial charge in [0, 0.05) is 22.0 Å². The third-order valence-electron chi connectivity index (χ3n) is 6.40. The maximum Gasteiger partial charge on any atom is 0.263 e. The van der Waals surface area contributed by atoms with Crippen molar-refractivity contribution in [2.45, 2.75) is 25.7 Å². The van der Waals surface area contributed by atoms with Crippen LogP contribution in [0.3, 0.4) is 0 Å². The zero-order valence-corrected chi connectivity index (χ0v) is 17.2. The van der Waals surface area contributed by atoms with Crippen LogP contribution in [0.2, 0.25) is 0 Å². The first-order valence-corrected chi connectivity index (χ1v) is 10.9. The summed E-state index contributed by atoms with van der Waals surface area (Å²) in [5, 5.41) is 2.11. The van der Waals surface area contributed by atoms with E-state index in [2.05, 4.69) is 18.2 Å². The molecule has 0 saturated carbocycles. The lowest BCUT2D eigenvalue weighted by atomic mass is 9.95. The van der Waals surface area contributed by atoms with Crippen LogP contribution in [0.1, 0.15) is 34.5 Å². The second-order valence-electron chi connectivity index (χ2n) is 8.23. The zero-order chi connectivity index (χ0) is 20.8. The first-order chi connectivity index (χ1) is 15.3. The van der Waals surface area contributed by atoms with E-state index >= 15 is 0 Å². The molecule has 0 aliphatic heterocycles. The number of rotatable bonds is 2. The van der Waals surface area contributed by atoms with E-state index in [-0.39, 0.29) is 5.91 Å². The van der Waals surface area contributed by atoms with Crippen LogP contribution in [0.25, 0.3) is 33.1 Å². The summed E-state index contributed by atoms with van der Waals surface area (Å²) in [7, 11) is 0. The molecule has 150 valence electrons. The molecule has 0 N–H and O–H groups in total. The van der Waals surface area contributed by atoms with Gasteiger partial charge in [-0.1, -0.05) is 66.7 Å². The summed E-state index contributed by atoms with van der Waals surface area (Å²) in [6.45, 7) is 0. The van der Waals surface area contributed by atoms with Crippen LogP contribution in [-0.4, -0.2) is 15.5 Å². The first-order valence-electron chi connectivity index (χ1n) is 10.9. The van der Waals surface area contributed by atoms with E-state index in [4.69, 9.17) is 4.98 Å². The van der Waals surface area contributed by atoms with Crippen molar-refractivity contribution in [3.63, 3.8) is 0 Å². The maximum absolute atomic E-state index is 14.1. The van der Waals surface area contributed by atoms with Crippen molar-refractivity contribution in [3.8, 4) is 11.3 Å². The van der Waals surface area contributed by atoms with E-state index < -0.39 is 0 Å². The first kappa shape index (κ1) is 18.1. The van der Waals surface area contributed by atoms with Crippen molar-refractivity contribution >= 4 is 27.7 Å². The molecule has 0 atom stereocenters. The number of pyridine rings is 1. The Hall–Kier alpha value is -3.72. The molecule has 5 aromatic rings. The monoisotopic (exact) mass is 402 g/mol. The number of para-hydroxylation sites is 2. The highest BCUT2D eigenvalue weighted by molar-refractivity contribution is 6.11. The van der Waals surface area contributed by atoms with Crippen LogP contribution in [0.15, 0.2) is 84.9 Å². The number of aromatic nitrogens is 2. The maximum atomic E-state index is 14.1. The predicted octanol–water partition coefficient (Wildman–Crippen LogP) is 6.42. The molecule has 2 heterocycles. The fourth-order valence-electron chi connectivity index (χ4n) is 4.96. The predicted molar refractivity (Wildman–Crippen MR) is 125 cm³/mol. The minimum atomic E-state index is 0.0372. The van der Waals surface area contributed by atoms with E-state index in [1.54, 1.807) is 0 Å². The molecular weight excluding hydrogens is 380 g/mol. The smallest absolute Gasteiger partial charge is 0.263 e. The van der Waals surface area contributed by atoms with Crippen molar-refractivity contribution in [2.24, 2.45) is 0 Å². The topological polar surface area (TPSA) is 34.9 Å². The van der Waals surface area contributed by atoms with Gasteiger partial charge >= 0.3 is 0 Å². The van der Waals surface area contributed by atoms with Gasteiger partial charge in [-0.15, -0.1) is 0 Å². The SMILES string of the molecule is O=C(c1cc(-c2ccccc2)nc2ccccc12)n1c2c(c3ccccc31)CCCC2. The van der Waals surface area contributed by atoms with Crippen LogP contribution < -0.4 is 0 Å². The Morgan fingerprint density at radius 3 is 2.35 bits per heavy atom. The number of benzene rings is 3. The van der Waals surface area contributed by atoms with E-state index in [0.717, 1.165) is 46.9 Å². The van der Waals surface area contributed by atoms with Gasteiger partial charge in [0.1, 0.15) is 0 Å². The standard InChI is InChI=1S/C28H22N2O/c31-28(30-26-16-8-5-13-21(26)22-14-6-9-17-27(22)30)23-18-25(19-10-2-1-3-11-19)29-24-15-7-4-12-20(23)24/h1-5,7-8,10-13,15-16,18H,6,9,14,17H2. The molecule has 1 aliphatic carbocycles. The van der Waals surface area contributed by atoms with Crippen molar-refractivity contribution in [1.82, 2.24) is 9.55 Å². The zero-order valence-electron chi connectivity index (χ0n) is 17.2. The average Bonchev–Trinajstić information content (AvgIpc) is 3.18. The van der Waals surface area contributed by atoms with Gasteiger partial charge in [-0.2, -0.15) is 0 Å². The summed E-state index contributed by atoms with van der Waals surface area (Å²) in [5.74, 6) is 0.0372. The van der Waals surface area contributed by atoms with Gasteiger partial charge in [0.2, 0.25) is 0 Å². The summed E-state index contributed by atoms with van der Waals surface area (Å²) in [4.78, 5) is 19.0. The molecule has 0 radical (unpaired) electrons. The summed E-state index contributed by atoms with van der Waals surface area (Å²) in [6, 6.07) is 28.3. The van der Waals surface area contributed by atoms with E-state index in [9.17, 15) is 4.79 Å². The van der Waals surface area contributed by atoms with Gasteiger partial charge in [0.25, 0.3) is 5.91 Å². The fourth-order valence-corrected chi connectivity index (χ4v) is 4.96. The second-order valence-corrected chi connectivity index (χ2v) is 8.23. The molecule has 1 aliphatic rings. The molecule has 3 heteroatoms. The number of carbonyl (C=O) groups excluding carboxylic acids is 1. The van der Waals surface area contributed by atoms with Gasteiger partial charge in [0.15, 0.2) is 0 Å². The second kappa shape index (κ2) is 7.21. The van der Waals surface area contributed by atoms with Crippen LogP contribution >= 0.6 is 0 Å². The Morgan fingerprint density at radius 2 is 1.48 bits per heavy atom. The van der Waals surface area contributed by atoms with Gasteiger partial charge in [-0.05, 0) is 49.4 Å². The lowest BCUT2D eigenvalue weighted by Crippen LogP contribution is -2.17. The highest BCUT2D eigenvalue weighted by atomic mass is 16.2. The lowest BCUT2D eigenvalue weighted by Gasteiger charge is -2.16. The van der Waals surface area contributed by atoms with Crippen LogP contribution in [0.4, 0.5) is 0 Å². The van der Waals surface area contributed by atoms with Gasteiger partial charge < -0.3 is 0 Å². The number of hydrogen-bond acceptors (Lipinski definition) is 2. The Morgan fingerprint density at radius 1 is 0.774 bits per heavy atom. The van der Waals surface area contributed by atoms with Gasteiger partial charge in [-0.25, -0.2) is 4.98 Å². The molecule has 6 rings (SSSR count). The molecular formula is C28H22N2O. The highest BCUT2D eigenvalue weighted by Crippen LogP contribution is 2.34. The molecule has 0 unspecified atom stereocenters. The Kier molecular flexibility index (Phi) is 4.20. The third-order valence-corrected chi connectivity index (χ3v) is 6.40. The molecule has 0 spiro atoms. The molecule has 0 bridgehead atoms. The number of fused-ring (bicyclic) bond motifs is 4. The number of hydrogen-bond donors (Lipinski definition) is 0. The number of nitrogens with zero attached hydrogens (tertiary/aromatic N) is 2. The Labute approximate surface area is 181 Å². The molecule has 0 saturated heterocycles. The average molecular weight is 402 g/mol. The molecule has 0 fully saturated rings. The number of carbonyl (C=O) groups is 1. The molecule has 0 amide bonds. The largest absolute Gasteiger partial charge is 0.280 e. The third kappa shape index (κ3) is 2.89. The minimum Gasteiger partial charge on any atom is -0.280 e. The van der Waals surface area contributed by atoms with Gasteiger partial charge in [-0.3, -0.25) is 9.36 Å². The van der Waals surface area contributed by atoms with Crippen molar-refractivity contribution in [3.05, 3.63) is 102 Å². The Bertz CT molecular complexity index is 1450. The summed E-state index contributed by atoms with van der Waals surface area (Å²) >= 11 is 0. The minimum absolute atomic E-state index is 0.0372. The highest BCUT2D eigenvalue weighted by Gasteiger charge is 2.25. The quantitative estimate of drug-likeness (QED) is 0.341. The summed E-state index contributed by atoms with van der Waals surface area (Å²) in [6.07, 6.45) is 4.31. The summed E-state index contributed by atoms with van der Waals surface area (Å²) < 4.78 is 1.97. The Balaban J connectivity index is 1.62. The van der Waals surface area contributed by atoms with Crippen molar-refractivity contribution < 1.29 is 4.79 Å². The van der Waals surface area contributed by atoms with Crippen LogP contribution in [0.5, 0.6) is 0 Å². The van der Waals surface area contributed by atoms with Crippen molar-refractivity contribution in [1.29, 1.82) is 0 Å². The molecule has 3 nitrogen and oxygen atoms in total. The van der Waals surface area contributed by atoms with E-state index in [1.807, 2.05) is 71.3 Å². The normalized spacial score (nSPS) is 13.4. The van der Waals surface area contributed by atoms with Crippen molar-refractivity contribution in [2.75, 3.05) is 0 Å². The molecule has 3 aromatic carbocycles. The van der Waals surface area contributed by atoms with Gasteiger partial charge in [0.05, 0.1) is 22.3 Å². The fraction of sp³-hybridized carbons (Fsp3) is 0.143. The van der Waals surface area contributed by atoms with E-state index in [1.165, 1.54) is 23.1 Å². The van der Waals surface area contributed by atoms with Crippen LogP contribution in [-0.2, 0) is 12.8 Å². The van der Waals surface area contributed by atoms with Crippen LogP contribution in [0, 0.1) is 0 Å². The lowest BCUT2D eigenvalue weighted by molar-refractivity contribution is 0.0963. The van der Waals surface area contributed by atoms with E-state index in [0.29, 0.717) is 5.56 Å². The summed E-state index contributed by atoms with van der Waals surface area (Å²) in [5.41, 5.74) is 6.93. The number of aryl methyl sites for hydroxylation is 1. The molecule has 31 heavy (non-hydrogen) atoms.